The summed E-state index contributed by atoms with van der Waals surface area (Å²) in [4.78, 5) is 21.1. The molecule has 4 rings (SSSR count). The molecule has 1 fully saturated rings. The third-order valence-corrected chi connectivity index (χ3v) is 5.35. The van der Waals surface area contributed by atoms with Crippen LogP contribution < -0.4 is 4.90 Å². The van der Waals surface area contributed by atoms with Crippen LogP contribution in [0.1, 0.15) is 23.9 Å². The van der Waals surface area contributed by atoms with Gasteiger partial charge in [0.15, 0.2) is 0 Å². The molecule has 0 spiro atoms. The summed E-state index contributed by atoms with van der Waals surface area (Å²) in [7, 11) is 0. The van der Waals surface area contributed by atoms with E-state index in [2.05, 4.69) is 46.2 Å². The van der Waals surface area contributed by atoms with Crippen LogP contribution in [-0.2, 0) is 11.2 Å². The molecule has 0 saturated carbocycles. The van der Waals surface area contributed by atoms with Gasteiger partial charge in [0.25, 0.3) is 0 Å². The first kappa shape index (κ1) is 19.9. The minimum atomic E-state index is 0.0643. The predicted molar refractivity (Wildman–Crippen MR) is 118 cm³/mol. The van der Waals surface area contributed by atoms with Crippen LogP contribution in [0.25, 0.3) is 17.5 Å². The zero-order chi connectivity index (χ0) is 20.9. The summed E-state index contributed by atoms with van der Waals surface area (Å²) in [6.07, 6.45) is 4.29. The quantitative estimate of drug-likeness (QED) is 0.605. The summed E-state index contributed by atoms with van der Waals surface area (Å²) in [5.41, 5.74) is 4.34. The van der Waals surface area contributed by atoms with Crippen molar-refractivity contribution in [2.45, 2.75) is 20.3 Å². The van der Waals surface area contributed by atoms with E-state index in [9.17, 15) is 4.79 Å². The summed E-state index contributed by atoms with van der Waals surface area (Å²) < 4.78 is 5.19. The monoisotopic (exact) mass is 402 g/mol. The van der Waals surface area contributed by atoms with E-state index in [0.717, 1.165) is 36.3 Å². The molecule has 30 heavy (non-hydrogen) atoms. The fourth-order valence-electron chi connectivity index (χ4n) is 3.47. The van der Waals surface area contributed by atoms with E-state index in [0.29, 0.717) is 24.8 Å². The van der Waals surface area contributed by atoms with Gasteiger partial charge in [-0.25, -0.2) is 0 Å². The Labute approximate surface area is 176 Å². The molecule has 3 aromatic rings. The third kappa shape index (κ3) is 4.59. The van der Waals surface area contributed by atoms with Crippen molar-refractivity contribution >= 4 is 17.7 Å². The van der Waals surface area contributed by atoms with Gasteiger partial charge < -0.3 is 14.3 Å². The van der Waals surface area contributed by atoms with E-state index >= 15 is 0 Å². The Morgan fingerprint density at radius 1 is 1.03 bits per heavy atom. The molecule has 6 nitrogen and oxygen atoms in total. The van der Waals surface area contributed by atoms with E-state index in [1.165, 1.54) is 5.56 Å². The molecule has 0 aliphatic carbocycles. The van der Waals surface area contributed by atoms with Crippen molar-refractivity contribution in [3.63, 3.8) is 0 Å². The van der Waals surface area contributed by atoms with Crippen molar-refractivity contribution in [2.75, 3.05) is 31.1 Å². The van der Waals surface area contributed by atoms with Crippen LogP contribution in [0.3, 0.4) is 0 Å². The van der Waals surface area contributed by atoms with Gasteiger partial charge in [-0.1, -0.05) is 41.9 Å². The number of carbonyl (C=O) groups is 1. The lowest BCUT2D eigenvalue weighted by Gasteiger charge is -2.35. The second-order valence-corrected chi connectivity index (χ2v) is 7.47. The van der Waals surface area contributed by atoms with Gasteiger partial charge in [-0.15, -0.1) is 0 Å². The van der Waals surface area contributed by atoms with Crippen LogP contribution in [0.5, 0.6) is 0 Å². The Balaban J connectivity index is 1.32. The van der Waals surface area contributed by atoms with E-state index in [4.69, 9.17) is 4.52 Å². The van der Waals surface area contributed by atoms with Gasteiger partial charge >= 0.3 is 0 Å². The maximum absolute atomic E-state index is 12.5. The van der Waals surface area contributed by atoms with Crippen LogP contribution in [0.2, 0.25) is 0 Å². The van der Waals surface area contributed by atoms with Crippen LogP contribution >= 0.6 is 0 Å². The van der Waals surface area contributed by atoms with Gasteiger partial charge in [-0.3, -0.25) is 4.79 Å². The second kappa shape index (κ2) is 8.95. The number of piperazine rings is 1. The number of aryl methyl sites for hydroxylation is 2. The standard InChI is InChI=1S/C24H26N4O2/c1-3-22-25-24(26-30-22)20-9-11-21(12-10-20)27-14-16-28(17-15-27)23(29)13-8-19-6-4-18(2)5-7-19/h4-13H,3,14-17H2,1-2H3/b13-8+. The highest BCUT2D eigenvalue weighted by Gasteiger charge is 2.20. The fraction of sp³-hybridized carbons (Fsp3) is 0.292. The molecule has 0 N–H and O–H groups in total. The molecule has 6 heteroatoms. The Morgan fingerprint density at radius 3 is 2.37 bits per heavy atom. The third-order valence-electron chi connectivity index (χ3n) is 5.35. The Morgan fingerprint density at radius 2 is 1.73 bits per heavy atom. The van der Waals surface area contributed by atoms with Gasteiger partial charge in [0.2, 0.25) is 17.6 Å². The normalized spacial score (nSPS) is 14.5. The molecule has 154 valence electrons. The van der Waals surface area contributed by atoms with Gasteiger partial charge in [-0.2, -0.15) is 4.98 Å². The molecule has 1 aliphatic rings. The zero-order valence-electron chi connectivity index (χ0n) is 17.4. The van der Waals surface area contributed by atoms with Crippen molar-refractivity contribution in [1.82, 2.24) is 15.0 Å². The molecule has 1 amide bonds. The van der Waals surface area contributed by atoms with Crippen LogP contribution in [0.4, 0.5) is 5.69 Å². The number of nitrogens with zero attached hydrogens (tertiary/aromatic N) is 4. The van der Waals surface area contributed by atoms with Gasteiger partial charge in [-0.05, 0) is 42.8 Å². The Kier molecular flexibility index (Phi) is 5.93. The number of hydrogen-bond donors (Lipinski definition) is 0. The Hall–Kier alpha value is -3.41. The van der Waals surface area contributed by atoms with E-state index in [-0.39, 0.29) is 5.91 Å². The van der Waals surface area contributed by atoms with Gasteiger partial charge in [0.1, 0.15) is 0 Å². The van der Waals surface area contributed by atoms with Crippen molar-refractivity contribution < 1.29 is 9.32 Å². The second-order valence-electron chi connectivity index (χ2n) is 7.47. The van der Waals surface area contributed by atoms with E-state index in [1.807, 2.05) is 42.2 Å². The first-order valence-corrected chi connectivity index (χ1v) is 10.3. The zero-order valence-corrected chi connectivity index (χ0v) is 17.4. The predicted octanol–water partition coefficient (Wildman–Crippen LogP) is 3.97. The minimum absolute atomic E-state index is 0.0643. The van der Waals surface area contributed by atoms with Crippen molar-refractivity contribution in [3.8, 4) is 11.4 Å². The number of aromatic nitrogens is 2. The number of hydrogen-bond acceptors (Lipinski definition) is 5. The van der Waals surface area contributed by atoms with Gasteiger partial charge in [0.05, 0.1) is 0 Å². The number of rotatable bonds is 5. The lowest BCUT2D eigenvalue weighted by atomic mass is 10.1. The lowest BCUT2D eigenvalue weighted by Crippen LogP contribution is -2.48. The van der Waals surface area contributed by atoms with Crippen molar-refractivity contribution in [1.29, 1.82) is 0 Å². The highest BCUT2D eigenvalue weighted by Crippen LogP contribution is 2.22. The molecule has 0 unspecified atom stereocenters. The SMILES string of the molecule is CCc1nc(-c2ccc(N3CCN(C(=O)/C=C/c4ccc(C)cc4)CC3)cc2)no1. The molecule has 1 saturated heterocycles. The van der Waals surface area contributed by atoms with Gasteiger partial charge in [0, 0.05) is 49.9 Å². The highest BCUT2D eigenvalue weighted by atomic mass is 16.5. The van der Waals surface area contributed by atoms with E-state index in [1.54, 1.807) is 6.08 Å². The molecular weight excluding hydrogens is 376 g/mol. The summed E-state index contributed by atoms with van der Waals surface area (Å²) in [6, 6.07) is 16.3. The number of anilines is 1. The number of benzene rings is 2. The van der Waals surface area contributed by atoms with Crippen LogP contribution in [0.15, 0.2) is 59.1 Å². The molecule has 2 aromatic carbocycles. The number of amides is 1. The summed E-state index contributed by atoms with van der Waals surface area (Å²) in [5, 5.41) is 4.02. The largest absolute Gasteiger partial charge is 0.368 e. The molecule has 1 aromatic heterocycles. The molecule has 2 heterocycles. The van der Waals surface area contributed by atoms with E-state index < -0.39 is 0 Å². The highest BCUT2D eigenvalue weighted by molar-refractivity contribution is 5.92. The average molecular weight is 402 g/mol. The summed E-state index contributed by atoms with van der Waals surface area (Å²) in [5.74, 6) is 1.33. The maximum atomic E-state index is 12.5. The first-order chi connectivity index (χ1) is 14.6. The molecule has 0 atom stereocenters. The smallest absolute Gasteiger partial charge is 0.246 e. The van der Waals surface area contributed by atoms with Crippen LogP contribution in [0, 0.1) is 6.92 Å². The first-order valence-electron chi connectivity index (χ1n) is 10.3. The number of carbonyl (C=O) groups excluding carboxylic acids is 1. The maximum Gasteiger partial charge on any atom is 0.246 e. The molecule has 0 bridgehead atoms. The van der Waals surface area contributed by atoms with Crippen LogP contribution in [-0.4, -0.2) is 47.1 Å². The summed E-state index contributed by atoms with van der Waals surface area (Å²) >= 11 is 0. The van der Waals surface area contributed by atoms with Crippen molar-refractivity contribution in [2.24, 2.45) is 0 Å². The molecular formula is C24H26N4O2. The molecule has 1 aliphatic heterocycles. The lowest BCUT2D eigenvalue weighted by molar-refractivity contribution is -0.126. The molecule has 0 radical (unpaired) electrons. The Bertz CT molecular complexity index is 1010. The minimum Gasteiger partial charge on any atom is -0.368 e. The van der Waals surface area contributed by atoms with Crippen molar-refractivity contribution in [3.05, 3.63) is 71.6 Å². The average Bonchev–Trinajstić information content (AvgIpc) is 3.28. The fourth-order valence-corrected chi connectivity index (χ4v) is 3.47. The summed E-state index contributed by atoms with van der Waals surface area (Å²) in [6.45, 7) is 7.09. The topological polar surface area (TPSA) is 62.5 Å².